The van der Waals surface area contributed by atoms with E-state index in [0.717, 1.165) is 61.2 Å². The maximum atomic E-state index is 6.16. The number of hydrogen-bond donors (Lipinski definition) is 2. The number of nitrogens with zero attached hydrogens (tertiary/aromatic N) is 3. The second-order valence-corrected chi connectivity index (χ2v) is 8.17. The lowest BCUT2D eigenvalue weighted by atomic mass is 10.2. The third-order valence-electron chi connectivity index (χ3n) is 6.06. The molecule has 0 bridgehead atoms. The number of guanidine groups is 1. The molecule has 1 saturated carbocycles. The minimum absolute atomic E-state index is 0.297. The van der Waals surface area contributed by atoms with Crippen LogP contribution in [0.2, 0.25) is 0 Å². The van der Waals surface area contributed by atoms with Crippen molar-refractivity contribution in [1.29, 1.82) is 0 Å². The second kappa shape index (κ2) is 10.4. The average molecular weight is 424 g/mol. The predicted molar refractivity (Wildman–Crippen MR) is 124 cm³/mol. The van der Waals surface area contributed by atoms with Crippen molar-refractivity contribution in [2.24, 2.45) is 4.99 Å². The van der Waals surface area contributed by atoms with Crippen LogP contribution < -0.4 is 25.0 Å². The third-order valence-corrected chi connectivity index (χ3v) is 6.06. The molecule has 7 heteroatoms. The van der Waals surface area contributed by atoms with E-state index in [0.29, 0.717) is 18.7 Å². The molecule has 1 aromatic carbocycles. The number of rotatable bonds is 7. The van der Waals surface area contributed by atoms with E-state index in [9.17, 15) is 0 Å². The molecule has 2 N–H and O–H groups in total. The van der Waals surface area contributed by atoms with Gasteiger partial charge >= 0.3 is 0 Å². The molecule has 166 valence electrons. The summed E-state index contributed by atoms with van der Waals surface area (Å²) < 4.78 is 11.7. The summed E-state index contributed by atoms with van der Waals surface area (Å²) in [5.74, 6) is 2.44. The summed E-state index contributed by atoms with van der Waals surface area (Å²) in [6.07, 6.45) is 7.87. The van der Waals surface area contributed by atoms with Crippen LogP contribution in [-0.2, 0) is 6.54 Å². The smallest absolute Gasteiger partial charge is 0.218 e. The van der Waals surface area contributed by atoms with Gasteiger partial charge in [0.15, 0.2) is 5.96 Å². The van der Waals surface area contributed by atoms with Gasteiger partial charge in [-0.25, -0.2) is 4.98 Å². The standard InChI is InChI=1S/C24H33N5O2/c1-25-24(27-16-18-8-7-14-26-23(18)31-20-9-3-4-10-20)28-19-13-15-29(17-19)21-11-5-6-12-22(21)30-2/h5-8,11-12,14,19-20H,3-4,9-10,13,15-17H2,1-2H3,(H2,25,27,28). The summed E-state index contributed by atoms with van der Waals surface area (Å²) in [5.41, 5.74) is 2.20. The van der Waals surface area contributed by atoms with Gasteiger partial charge in [0.05, 0.1) is 12.8 Å². The molecule has 1 unspecified atom stereocenters. The van der Waals surface area contributed by atoms with E-state index in [2.05, 4.69) is 43.7 Å². The highest BCUT2D eigenvalue weighted by Gasteiger charge is 2.25. The molecule has 0 radical (unpaired) electrons. The number of aromatic nitrogens is 1. The zero-order valence-corrected chi connectivity index (χ0v) is 18.5. The number of nitrogens with one attached hydrogen (secondary N) is 2. The SMILES string of the molecule is CN=C(NCc1cccnc1OC1CCCC1)NC1CCN(c2ccccc2OC)C1. The van der Waals surface area contributed by atoms with E-state index in [4.69, 9.17) is 9.47 Å². The van der Waals surface area contributed by atoms with E-state index in [1.807, 2.05) is 25.2 Å². The highest BCUT2D eigenvalue weighted by Crippen LogP contribution is 2.30. The van der Waals surface area contributed by atoms with Crippen molar-refractivity contribution >= 4 is 11.6 Å². The van der Waals surface area contributed by atoms with Crippen molar-refractivity contribution in [3.8, 4) is 11.6 Å². The number of pyridine rings is 1. The molecular weight excluding hydrogens is 390 g/mol. The molecule has 1 atom stereocenters. The fourth-order valence-corrected chi connectivity index (χ4v) is 4.38. The first-order valence-electron chi connectivity index (χ1n) is 11.2. The Bertz CT molecular complexity index is 882. The number of anilines is 1. The van der Waals surface area contributed by atoms with Crippen molar-refractivity contribution in [2.45, 2.75) is 50.8 Å². The number of benzene rings is 1. The quantitative estimate of drug-likeness (QED) is 0.526. The molecule has 31 heavy (non-hydrogen) atoms. The van der Waals surface area contributed by atoms with Gasteiger partial charge in [0.1, 0.15) is 11.9 Å². The summed E-state index contributed by atoms with van der Waals surface area (Å²) in [4.78, 5) is 11.2. The van der Waals surface area contributed by atoms with Gasteiger partial charge in [0.25, 0.3) is 0 Å². The van der Waals surface area contributed by atoms with Crippen LogP contribution in [0.5, 0.6) is 11.6 Å². The number of methoxy groups -OCH3 is 1. The van der Waals surface area contributed by atoms with Crippen molar-refractivity contribution in [3.05, 3.63) is 48.2 Å². The van der Waals surface area contributed by atoms with Crippen LogP contribution in [0.4, 0.5) is 5.69 Å². The van der Waals surface area contributed by atoms with E-state index < -0.39 is 0 Å². The van der Waals surface area contributed by atoms with E-state index >= 15 is 0 Å². The molecule has 0 amide bonds. The maximum Gasteiger partial charge on any atom is 0.218 e. The molecule has 0 spiro atoms. The van der Waals surface area contributed by atoms with Gasteiger partial charge in [0.2, 0.25) is 5.88 Å². The predicted octanol–water partition coefficient (Wildman–Crippen LogP) is 3.36. The third kappa shape index (κ3) is 5.40. The molecule has 2 fully saturated rings. The summed E-state index contributed by atoms with van der Waals surface area (Å²) >= 11 is 0. The lowest BCUT2D eigenvalue weighted by Gasteiger charge is -2.22. The Morgan fingerprint density at radius 1 is 1.16 bits per heavy atom. The fraction of sp³-hybridized carbons (Fsp3) is 0.500. The molecule has 1 saturated heterocycles. The Balaban J connectivity index is 1.32. The van der Waals surface area contributed by atoms with Gasteiger partial charge in [-0.1, -0.05) is 18.2 Å². The van der Waals surface area contributed by atoms with E-state index in [1.165, 1.54) is 12.8 Å². The molecule has 4 rings (SSSR count). The summed E-state index contributed by atoms with van der Waals surface area (Å²) in [6, 6.07) is 12.5. The second-order valence-electron chi connectivity index (χ2n) is 8.17. The maximum absolute atomic E-state index is 6.16. The van der Waals surface area contributed by atoms with Gasteiger partial charge in [-0.05, 0) is 50.3 Å². The van der Waals surface area contributed by atoms with Crippen molar-refractivity contribution in [3.63, 3.8) is 0 Å². The Labute approximate surface area is 184 Å². The van der Waals surface area contributed by atoms with Crippen molar-refractivity contribution in [1.82, 2.24) is 15.6 Å². The molecule has 2 aliphatic rings. The van der Waals surface area contributed by atoms with Gasteiger partial charge in [0, 0.05) is 44.5 Å². The van der Waals surface area contributed by atoms with E-state index in [1.54, 1.807) is 13.3 Å². The van der Waals surface area contributed by atoms with Crippen LogP contribution in [0.1, 0.15) is 37.7 Å². The fourth-order valence-electron chi connectivity index (χ4n) is 4.38. The molecule has 1 aliphatic carbocycles. The first kappa shape index (κ1) is 21.3. The minimum Gasteiger partial charge on any atom is -0.495 e. The van der Waals surface area contributed by atoms with Crippen LogP contribution in [0, 0.1) is 0 Å². The van der Waals surface area contributed by atoms with Crippen LogP contribution in [0.25, 0.3) is 0 Å². The van der Waals surface area contributed by atoms with Crippen LogP contribution >= 0.6 is 0 Å². The number of para-hydroxylation sites is 2. The molecule has 2 aromatic rings. The first-order valence-corrected chi connectivity index (χ1v) is 11.2. The van der Waals surface area contributed by atoms with E-state index in [-0.39, 0.29) is 0 Å². The molecule has 7 nitrogen and oxygen atoms in total. The van der Waals surface area contributed by atoms with Gasteiger partial charge in [-0.2, -0.15) is 0 Å². The Kier molecular flexibility index (Phi) is 7.12. The lowest BCUT2D eigenvalue weighted by molar-refractivity contribution is 0.199. The summed E-state index contributed by atoms with van der Waals surface area (Å²) in [6.45, 7) is 2.51. The summed E-state index contributed by atoms with van der Waals surface area (Å²) in [5, 5.41) is 6.99. The van der Waals surface area contributed by atoms with Gasteiger partial charge < -0.3 is 25.0 Å². The summed E-state index contributed by atoms with van der Waals surface area (Å²) in [7, 11) is 3.53. The van der Waals surface area contributed by atoms with Crippen molar-refractivity contribution in [2.75, 3.05) is 32.1 Å². The van der Waals surface area contributed by atoms with Gasteiger partial charge in [-0.15, -0.1) is 0 Å². The number of aliphatic imine (C=N–C) groups is 1. The monoisotopic (exact) mass is 423 g/mol. The zero-order chi connectivity index (χ0) is 21.5. The highest BCUT2D eigenvalue weighted by atomic mass is 16.5. The Morgan fingerprint density at radius 2 is 2.00 bits per heavy atom. The van der Waals surface area contributed by atoms with Crippen LogP contribution in [-0.4, -0.2) is 50.3 Å². The number of hydrogen-bond acceptors (Lipinski definition) is 5. The number of ether oxygens (including phenoxy) is 2. The Hall–Kier alpha value is -2.96. The lowest BCUT2D eigenvalue weighted by Crippen LogP contribution is -2.44. The Morgan fingerprint density at radius 3 is 2.81 bits per heavy atom. The molecule has 1 aliphatic heterocycles. The average Bonchev–Trinajstić information content (AvgIpc) is 3.49. The zero-order valence-electron chi connectivity index (χ0n) is 18.5. The first-order chi connectivity index (χ1) is 15.3. The van der Waals surface area contributed by atoms with Crippen LogP contribution in [0.15, 0.2) is 47.6 Å². The topological polar surface area (TPSA) is 71.0 Å². The van der Waals surface area contributed by atoms with Crippen molar-refractivity contribution < 1.29 is 9.47 Å². The molecule has 2 heterocycles. The minimum atomic E-state index is 0.297. The molecule has 1 aromatic heterocycles. The van der Waals surface area contributed by atoms with Gasteiger partial charge in [-0.3, -0.25) is 4.99 Å². The largest absolute Gasteiger partial charge is 0.495 e. The van der Waals surface area contributed by atoms with Crippen LogP contribution in [0.3, 0.4) is 0 Å². The molecular formula is C24H33N5O2. The normalized spacial score (nSPS) is 19.5. The highest BCUT2D eigenvalue weighted by molar-refractivity contribution is 5.80.